The summed E-state index contributed by atoms with van der Waals surface area (Å²) in [6.07, 6.45) is 0.546. The molecular weight excluding hydrogens is 136 g/mol. The van der Waals surface area contributed by atoms with E-state index in [4.69, 9.17) is 0 Å². The Bertz CT molecular complexity index is 135. The Kier molecular flexibility index (Phi) is 4.19. The first-order chi connectivity index (χ1) is 4.66. The average Bonchev–Trinajstić information content (AvgIpc) is 1.87. The SMILES string of the molecule is CNC(=O)CCC[N+](=O)[O-]. The molecule has 0 fully saturated rings. The maximum absolute atomic E-state index is 10.5. The molecule has 0 atom stereocenters. The molecule has 0 aliphatic rings. The van der Waals surface area contributed by atoms with Crippen molar-refractivity contribution in [3.8, 4) is 0 Å². The summed E-state index contributed by atoms with van der Waals surface area (Å²) in [6.45, 7) is -0.132. The molecule has 0 aromatic heterocycles. The second kappa shape index (κ2) is 4.72. The van der Waals surface area contributed by atoms with Gasteiger partial charge in [-0.2, -0.15) is 0 Å². The summed E-state index contributed by atoms with van der Waals surface area (Å²) in [5.74, 6) is -0.151. The van der Waals surface area contributed by atoms with E-state index in [0.29, 0.717) is 6.42 Å². The Morgan fingerprint density at radius 2 is 2.30 bits per heavy atom. The van der Waals surface area contributed by atoms with Gasteiger partial charge in [-0.05, 0) is 0 Å². The molecule has 0 aliphatic carbocycles. The van der Waals surface area contributed by atoms with Crippen LogP contribution >= 0.6 is 0 Å². The summed E-state index contributed by atoms with van der Waals surface area (Å²) >= 11 is 0. The summed E-state index contributed by atoms with van der Waals surface area (Å²) in [5, 5.41) is 12.1. The van der Waals surface area contributed by atoms with Gasteiger partial charge in [0.1, 0.15) is 0 Å². The molecule has 10 heavy (non-hydrogen) atoms. The highest BCUT2D eigenvalue weighted by molar-refractivity contribution is 5.75. The number of hydrogen-bond donors (Lipinski definition) is 1. The lowest BCUT2D eigenvalue weighted by Crippen LogP contribution is -2.18. The lowest BCUT2D eigenvalue weighted by Gasteiger charge is -1.94. The molecule has 0 rings (SSSR count). The third kappa shape index (κ3) is 5.02. The first kappa shape index (κ1) is 8.87. The van der Waals surface area contributed by atoms with Crippen LogP contribution in [-0.4, -0.2) is 24.4 Å². The molecule has 0 saturated carbocycles. The van der Waals surface area contributed by atoms with E-state index in [1.54, 1.807) is 0 Å². The van der Waals surface area contributed by atoms with E-state index in [2.05, 4.69) is 5.32 Å². The number of nitrogens with one attached hydrogen (secondary N) is 1. The van der Waals surface area contributed by atoms with Crippen LogP contribution in [-0.2, 0) is 4.79 Å². The molecule has 5 heteroatoms. The molecule has 1 amide bonds. The highest BCUT2D eigenvalue weighted by atomic mass is 16.6. The Balaban J connectivity index is 3.20. The number of rotatable bonds is 4. The minimum absolute atomic E-state index is 0.132. The van der Waals surface area contributed by atoms with Gasteiger partial charge in [-0.1, -0.05) is 0 Å². The van der Waals surface area contributed by atoms with E-state index >= 15 is 0 Å². The number of carbonyl (C=O) groups is 1. The first-order valence-electron chi connectivity index (χ1n) is 2.99. The maximum Gasteiger partial charge on any atom is 0.219 e. The molecule has 0 bridgehead atoms. The predicted octanol–water partition coefficient (Wildman–Crippen LogP) is -0.211. The van der Waals surface area contributed by atoms with Crippen LogP contribution < -0.4 is 5.32 Å². The highest BCUT2D eigenvalue weighted by Crippen LogP contribution is 1.87. The maximum atomic E-state index is 10.5. The quantitative estimate of drug-likeness (QED) is 0.440. The van der Waals surface area contributed by atoms with Crippen LogP contribution in [0.1, 0.15) is 12.8 Å². The van der Waals surface area contributed by atoms with Gasteiger partial charge in [-0.3, -0.25) is 14.9 Å². The lowest BCUT2D eigenvalue weighted by molar-refractivity contribution is -0.480. The Morgan fingerprint density at radius 1 is 1.70 bits per heavy atom. The Labute approximate surface area is 58.6 Å². The van der Waals surface area contributed by atoms with Crippen molar-refractivity contribution < 1.29 is 9.72 Å². The van der Waals surface area contributed by atoms with Crippen molar-refractivity contribution >= 4 is 5.91 Å². The fraction of sp³-hybridized carbons (Fsp3) is 0.800. The summed E-state index contributed by atoms with van der Waals surface area (Å²) in [4.78, 5) is 19.8. The molecule has 0 unspecified atom stereocenters. The van der Waals surface area contributed by atoms with Gasteiger partial charge in [0.15, 0.2) is 0 Å². The fourth-order valence-corrected chi connectivity index (χ4v) is 0.494. The van der Waals surface area contributed by atoms with Gasteiger partial charge in [0.05, 0.1) is 0 Å². The first-order valence-corrected chi connectivity index (χ1v) is 2.99. The smallest absolute Gasteiger partial charge is 0.219 e. The number of hydrogen-bond acceptors (Lipinski definition) is 3. The van der Waals surface area contributed by atoms with Gasteiger partial charge in [0, 0.05) is 24.8 Å². The molecule has 0 saturated heterocycles. The van der Waals surface area contributed by atoms with E-state index < -0.39 is 4.92 Å². The summed E-state index contributed by atoms with van der Waals surface area (Å²) in [7, 11) is 1.51. The second-order valence-corrected chi connectivity index (χ2v) is 1.83. The van der Waals surface area contributed by atoms with Gasteiger partial charge in [-0.25, -0.2) is 0 Å². The molecule has 5 nitrogen and oxygen atoms in total. The van der Waals surface area contributed by atoms with Crippen LogP contribution in [0, 0.1) is 10.1 Å². The normalized spacial score (nSPS) is 8.90. The van der Waals surface area contributed by atoms with Crippen LogP contribution in [0.25, 0.3) is 0 Å². The molecule has 0 aromatic carbocycles. The predicted molar refractivity (Wildman–Crippen MR) is 35.2 cm³/mol. The van der Waals surface area contributed by atoms with E-state index in [-0.39, 0.29) is 18.9 Å². The third-order valence-corrected chi connectivity index (χ3v) is 1.02. The van der Waals surface area contributed by atoms with Crippen molar-refractivity contribution in [1.82, 2.24) is 5.32 Å². The van der Waals surface area contributed by atoms with Crippen molar-refractivity contribution in [2.75, 3.05) is 13.6 Å². The van der Waals surface area contributed by atoms with Crippen molar-refractivity contribution in [2.45, 2.75) is 12.8 Å². The second-order valence-electron chi connectivity index (χ2n) is 1.83. The summed E-state index contributed by atoms with van der Waals surface area (Å²) in [6, 6.07) is 0. The minimum atomic E-state index is -0.428. The molecule has 0 aliphatic heterocycles. The Hall–Kier alpha value is -1.13. The Morgan fingerprint density at radius 3 is 2.70 bits per heavy atom. The van der Waals surface area contributed by atoms with Crippen LogP contribution in [0.5, 0.6) is 0 Å². The zero-order valence-corrected chi connectivity index (χ0v) is 5.79. The molecule has 0 radical (unpaired) electrons. The summed E-state index contributed by atoms with van der Waals surface area (Å²) < 4.78 is 0. The monoisotopic (exact) mass is 146 g/mol. The van der Waals surface area contributed by atoms with E-state index in [1.807, 2.05) is 0 Å². The van der Waals surface area contributed by atoms with Crippen LogP contribution in [0.15, 0.2) is 0 Å². The van der Waals surface area contributed by atoms with Crippen LogP contribution in [0.4, 0.5) is 0 Å². The zero-order valence-electron chi connectivity index (χ0n) is 5.79. The fourth-order valence-electron chi connectivity index (χ4n) is 0.494. The van der Waals surface area contributed by atoms with Crippen molar-refractivity contribution in [3.63, 3.8) is 0 Å². The number of carbonyl (C=O) groups excluding carboxylic acids is 1. The highest BCUT2D eigenvalue weighted by Gasteiger charge is 2.00. The zero-order chi connectivity index (χ0) is 7.98. The van der Waals surface area contributed by atoms with Crippen molar-refractivity contribution in [2.24, 2.45) is 0 Å². The third-order valence-electron chi connectivity index (χ3n) is 1.02. The minimum Gasteiger partial charge on any atom is -0.359 e. The molecule has 1 N–H and O–H groups in total. The van der Waals surface area contributed by atoms with Crippen LogP contribution in [0.2, 0.25) is 0 Å². The molecule has 0 aromatic rings. The largest absolute Gasteiger partial charge is 0.359 e. The van der Waals surface area contributed by atoms with Crippen molar-refractivity contribution in [1.29, 1.82) is 0 Å². The van der Waals surface area contributed by atoms with E-state index in [9.17, 15) is 14.9 Å². The number of amides is 1. The standard InChI is InChI=1S/C5H10N2O3/c1-6-5(8)3-2-4-7(9)10/h2-4H2,1H3,(H,6,8). The molecule has 58 valence electrons. The van der Waals surface area contributed by atoms with Gasteiger partial charge in [0.25, 0.3) is 0 Å². The van der Waals surface area contributed by atoms with Gasteiger partial charge in [-0.15, -0.1) is 0 Å². The van der Waals surface area contributed by atoms with Gasteiger partial charge in [0.2, 0.25) is 12.5 Å². The molecule has 0 spiro atoms. The van der Waals surface area contributed by atoms with Gasteiger partial charge >= 0.3 is 0 Å². The van der Waals surface area contributed by atoms with Gasteiger partial charge < -0.3 is 5.32 Å². The molecular formula is C5H10N2O3. The summed E-state index contributed by atoms with van der Waals surface area (Å²) in [5.41, 5.74) is 0. The van der Waals surface area contributed by atoms with E-state index in [1.165, 1.54) is 7.05 Å². The number of nitrogens with zero attached hydrogens (tertiary/aromatic N) is 1. The topological polar surface area (TPSA) is 72.2 Å². The van der Waals surface area contributed by atoms with Crippen molar-refractivity contribution in [3.05, 3.63) is 10.1 Å². The lowest BCUT2D eigenvalue weighted by atomic mass is 10.3. The average molecular weight is 146 g/mol. The van der Waals surface area contributed by atoms with Crippen LogP contribution in [0.3, 0.4) is 0 Å². The van der Waals surface area contributed by atoms with E-state index in [0.717, 1.165) is 0 Å². The number of nitro groups is 1. The molecule has 0 heterocycles.